The molecule has 0 aliphatic heterocycles. The third-order valence-electron chi connectivity index (χ3n) is 1.58. The first-order chi connectivity index (χ1) is 6.16. The third-order valence-corrected chi connectivity index (χ3v) is 3.03. The van der Waals surface area contributed by atoms with Crippen molar-refractivity contribution in [3.63, 3.8) is 0 Å². The van der Waals surface area contributed by atoms with E-state index in [4.69, 9.17) is 11.6 Å². The van der Waals surface area contributed by atoms with Crippen molar-refractivity contribution in [2.75, 3.05) is 0 Å². The second-order valence-corrected chi connectivity index (χ2v) is 5.01. The Labute approximate surface area is 107 Å². The van der Waals surface area contributed by atoms with Crippen LogP contribution in [0.1, 0.15) is 0 Å². The number of benzene rings is 1. The van der Waals surface area contributed by atoms with Crippen molar-refractivity contribution >= 4 is 67.7 Å². The van der Waals surface area contributed by atoms with Gasteiger partial charge in [0.2, 0.25) is 0 Å². The summed E-state index contributed by atoms with van der Waals surface area (Å²) in [5.74, 6) is 0. The Hall–Kier alpha value is 0.310. The molecule has 2 nitrogen and oxygen atoms in total. The van der Waals surface area contributed by atoms with Crippen LogP contribution in [0.2, 0.25) is 5.15 Å². The second-order valence-electron chi connectivity index (χ2n) is 2.44. The molecule has 0 saturated carbocycles. The zero-order chi connectivity index (χ0) is 9.42. The molecule has 2 aromatic rings. The molecule has 1 aromatic carbocycles. The monoisotopic (exact) mass is 416 g/mol. The number of rotatable bonds is 0. The fraction of sp³-hybridized carbons (Fsp3) is 0. The van der Waals surface area contributed by atoms with Gasteiger partial charge in [-0.2, -0.15) is 0 Å². The average molecular weight is 416 g/mol. The van der Waals surface area contributed by atoms with Crippen LogP contribution in [0, 0.1) is 7.40 Å². The summed E-state index contributed by atoms with van der Waals surface area (Å²) in [4.78, 5) is 8.35. The molecule has 2 rings (SSSR count). The number of hydrogen-bond donors (Lipinski definition) is 0. The highest BCUT2D eigenvalue weighted by Crippen LogP contribution is 2.22. The Bertz CT molecular complexity index is 473. The first-order valence-electron chi connectivity index (χ1n) is 3.45. The zero-order valence-electron chi connectivity index (χ0n) is 6.26. The molecule has 0 N–H and O–H groups in total. The molecule has 1 aromatic heterocycles. The normalized spacial score (nSPS) is 10.7. The third kappa shape index (κ3) is 2.04. The van der Waals surface area contributed by atoms with Gasteiger partial charge in [0.1, 0.15) is 5.15 Å². The van der Waals surface area contributed by atoms with Gasteiger partial charge in [-0.05, 0) is 40.8 Å². The summed E-state index contributed by atoms with van der Waals surface area (Å²) in [6.45, 7) is 0. The van der Waals surface area contributed by atoms with Gasteiger partial charge in [-0.25, -0.2) is 9.97 Å². The smallest absolute Gasteiger partial charge is 0.192 e. The molecule has 0 spiro atoms. The van der Waals surface area contributed by atoms with Crippen molar-refractivity contribution < 1.29 is 0 Å². The molecule has 0 aliphatic rings. The summed E-state index contributed by atoms with van der Waals surface area (Å²) in [7, 11) is 0. The Morgan fingerprint density at radius 3 is 2.69 bits per heavy atom. The molecule has 1 heterocycles. The van der Waals surface area contributed by atoms with Crippen molar-refractivity contribution in [2.24, 2.45) is 0 Å². The summed E-state index contributed by atoms with van der Waals surface area (Å²) in [5.41, 5.74) is 0.893. The Balaban J connectivity index is 2.87. The average Bonchev–Trinajstić information content (AvgIpc) is 2.06. The van der Waals surface area contributed by atoms with Crippen LogP contribution in [-0.4, -0.2) is 9.97 Å². The quantitative estimate of drug-likeness (QED) is 0.373. The highest BCUT2D eigenvalue weighted by atomic mass is 127. The molecule has 66 valence electrons. The molecular formula is C8H3ClI2N2. The SMILES string of the molecule is Clc1nc(I)nc2ccc(I)cc12. The zero-order valence-corrected chi connectivity index (χ0v) is 11.3. The van der Waals surface area contributed by atoms with Crippen LogP contribution in [0.4, 0.5) is 0 Å². The van der Waals surface area contributed by atoms with Crippen LogP contribution in [-0.2, 0) is 0 Å². The predicted octanol–water partition coefficient (Wildman–Crippen LogP) is 3.49. The van der Waals surface area contributed by atoms with Gasteiger partial charge in [0.05, 0.1) is 5.52 Å². The minimum absolute atomic E-state index is 0.521. The Kier molecular flexibility index (Phi) is 2.89. The van der Waals surface area contributed by atoms with E-state index in [0.29, 0.717) is 8.98 Å². The Morgan fingerprint density at radius 2 is 1.92 bits per heavy atom. The first-order valence-corrected chi connectivity index (χ1v) is 5.98. The number of nitrogens with zero attached hydrogens (tertiary/aromatic N) is 2. The molecule has 13 heavy (non-hydrogen) atoms. The fourth-order valence-corrected chi connectivity index (χ4v) is 2.40. The van der Waals surface area contributed by atoms with E-state index < -0.39 is 0 Å². The molecule has 0 bridgehead atoms. The summed E-state index contributed by atoms with van der Waals surface area (Å²) >= 11 is 10.3. The number of aromatic nitrogens is 2. The second kappa shape index (κ2) is 3.82. The van der Waals surface area contributed by atoms with Crippen LogP contribution < -0.4 is 0 Å². The van der Waals surface area contributed by atoms with E-state index in [9.17, 15) is 0 Å². The molecule has 0 fully saturated rings. The molecule has 0 saturated heterocycles. The number of hydrogen-bond acceptors (Lipinski definition) is 2. The van der Waals surface area contributed by atoms with E-state index in [2.05, 4.69) is 55.1 Å². The first kappa shape index (κ1) is 9.85. The van der Waals surface area contributed by atoms with Gasteiger partial charge >= 0.3 is 0 Å². The lowest BCUT2D eigenvalue weighted by Gasteiger charge is -2.00. The van der Waals surface area contributed by atoms with Crippen LogP contribution in [0.15, 0.2) is 18.2 Å². The van der Waals surface area contributed by atoms with Gasteiger partial charge in [-0.3, -0.25) is 0 Å². The summed E-state index contributed by atoms with van der Waals surface area (Å²) in [6, 6.07) is 5.93. The molecule has 0 aliphatic carbocycles. The van der Waals surface area contributed by atoms with Crippen molar-refractivity contribution in [2.45, 2.75) is 0 Å². The largest absolute Gasteiger partial charge is 0.223 e. The lowest BCUT2D eigenvalue weighted by Crippen LogP contribution is -1.90. The van der Waals surface area contributed by atoms with E-state index in [1.54, 1.807) is 0 Å². The molecule has 5 heteroatoms. The van der Waals surface area contributed by atoms with Crippen molar-refractivity contribution in [3.8, 4) is 0 Å². The van der Waals surface area contributed by atoms with Crippen molar-refractivity contribution in [1.29, 1.82) is 0 Å². The van der Waals surface area contributed by atoms with Gasteiger partial charge in [-0.1, -0.05) is 11.6 Å². The molecule has 0 unspecified atom stereocenters. The lowest BCUT2D eigenvalue weighted by atomic mass is 10.2. The molecular weight excluding hydrogens is 413 g/mol. The van der Waals surface area contributed by atoms with E-state index in [-0.39, 0.29) is 0 Å². The molecule has 0 radical (unpaired) electrons. The fourth-order valence-electron chi connectivity index (χ4n) is 1.04. The van der Waals surface area contributed by atoms with Gasteiger partial charge in [0.25, 0.3) is 0 Å². The van der Waals surface area contributed by atoms with E-state index >= 15 is 0 Å². The molecule has 0 amide bonds. The van der Waals surface area contributed by atoms with Crippen LogP contribution >= 0.6 is 56.8 Å². The Morgan fingerprint density at radius 1 is 1.15 bits per heavy atom. The highest BCUT2D eigenvalue weighted by Gasteiger charge is 2.03. The highest BCUT2D eigenvalue weighted by molar-refractivity contribution is 14.1. The van der Waals surface area contributed by atoms with Crippen LogP contribution in [0.3, 0.4) is 0 Å². The lowest BCUT2D eigenvalue weighted by molar-refractivity contribution is 1.15. The van der Waals surface area contributed by atoms with E-state index in [1.165, 1.54) is 0 Å². The van der Waals surface area contributed by atoms with Crippen molar-refractivity contribution in [1.82, 2.24) is 9.97 Å². The number of fused-ring (bicyclic) bond motifs is 1. The van der Waals surface area contributed by atoms with E-state index in [0.717, 1.165) is 14.5 Å². The standard InChI is InChI=1S/C8H3ClI2N2/c9-7-5-3-4(10)1-2-6(5)12-8(11)13-7/h1-3H. The van der Waals surface area contributed by atoms with Gasteiger partial charge < -0.3 is 0 Å². The molecule has 0 atom stereocenters. The predicted molar refractivity (Wildman–Crippen MR) is 70.0 cm³/mol. The maximum Gasteiger partial charge on any atom is 0.192 e. The van der Waals surface area contributed by atoms with Crippen molar-refractivity contribution in [3.05, 3.63) is 30.8 Å². The van der Waals surface area contributed by atoms with Gasteiger partial charge in [0, 0.05) is 31.5 Å². The minimum Gasteiger partial charge on any atom is -0.223 e. The maximum atomic E-state index is 5.98. The van der Waals surface area contributed by atoms with Crippen LogP contribution in [0.25, 0.3) is 10.9 Å². The maximum absolute atomic E-state index is 5.98. The topological polar surface area (TPSA) is 25.8 Å². The summed E-state index contributed by atoms with van der Waals surface area (Å²) in [5, 5.41) is 1.43. The minimum atomic E-state index is 0.521. The number of halogens is 3. The summed E-state index contributed by atoms with van der Waals surface area (Å²) < 4.78 is 1.81. The summed E-state index contributed by atoms with van der Waals surface area (Å²) in [6.07, 6.45) is 0. The van der Waals surface area contributed by atoms with E-state index in [1.807, 2.05) is 18.2 Å². The van der Waals surface area contributed by atoms with Gasteiger partial charge in [0.15, 0.2) is 3.83 Å². The van der Waals surface area contributed by atoms with Gasteiger partial charge in [-0.15, -0.1) is 0 Å². The van der Waals surface area contributed by atoms with Crippen LogP contribution in [0.5, 0.6) is 0 Å².